The first-order valence-corrected chi connectivity index (χ1v) is 7.00. The summed E-state index contributed by atoms with van der Waals surface area (Å²) in [6.07, 6.45) is 0. The first-order valence-electron chi connectivity index (χ1n) is 7.00. The number of hydrogen-bond acceptors (Lipinski definition) is 3. The van der Waals surface area contributed by atoms with Gasteiger partial charge in [0.15, 0.2) is 0 Å². The molecule has 0 spiro atoms. The fourth-order valence-corrected chi connectivity index (χ4v) is 1.89. The molecule has 0 aliphatic carbocycles. The Balaban J connectivity index is 2.51. The standard InChI is InChI=1S/C15H24N4O2/c1-9(2)11-4-6-12(7-5-11)13(16)8-18-14(20)10(3)19-15(17)21/h4-7,9-10,13H,8,16H2,1-3H3,(H,18,20)(H3,17,19,21). The van der Waals surface area contributed by atoms with Gasteiger partial charge in [0.25, 0.3) is 0 Å². The predicted molar refractivity (Wildman–Crippen MR) is 82.7 cm³/mol. The van der Waals surface area contributed by atoms with E-state index in [9.17, 15) is 9.59 Å². The van der Waals surface area contributed by atoms with Crippen molar-refractivity contribution < 1.29 is 9.59 Å². The van der Waals surface area contributed by atoms with Gasteiger partial charge in [0.05, 0.1) is 0 Å². The summed E-state index contributed by atoms with van der Waals surface area (Å²) in [6, 6.07) is 6.31. The summed E-state index contributed by atoms with van der Waals surface area (Å²) in [5.41, 5.74) is 13.2. The number of amides is 3. The molecule has 0 fully saturated rings. The summed E-state index contributed by atoms with van der Waals surface area (Å²) in [4.78, 5) is 22.4. The van der Waals surface area contributed by atoms with Gasteiger partial charge in [-0.25, -0.2) is 4.79 Å². The van der Waals surface area contributed by atoms with Crippen LogP contribution in [0.3, 0.4) is 0 Å². The summed E-state index contributed by atoms with van der Waals surface area (Å²) < 4.78 is 0. The van der Waals surface area contributed by atoms with Crippen LogP contribution >= 0.6 is 0 Å². The van der Waals surface area contributed by atoms with Gasteiger partial charge in [0, 0.05) is 12.6 Å². The van der Waals surface area contributed by atoms with Crippen molar-refractivity contribution in [1.82, 2.24) is 10.6 Å². The van der Waals surface area contributed by atoms with Crippen LogP contribution in [0.15, 0.2) is 24.3 Å². The molecule has 2 atom stereocenters. The van der Waals surface area contributed by atoms with Crippen LogP contribution in [-0.2, 0) is 4.79 Å². The molecule has 0 saturated heterocycles. The average molecular weight is 292 g/mol. The summed E-state index contributed by atoms with van der Waals surface area (Å²) in [5.74, 6) is 0.152. The number of rotatable bonds is 6. The van der Waals surface area contributed by atoms with Crippen LogP contribution < -0.4 is 22.1 Å². The number of benzene rings is 1. The lowest BCUT2D eigenvalue weighted by Crippen LogP contribution is -2.48. The van der Waals surface area contributed by atoms with E-state index in [0.29, 0.717) is 12.5 Å². The molecular weight excluding hydrogens is 268 g/mol. The second-order valence-corrected chi connectivity index (χ2v) is 5.40. The van der Waals surface area contributed by atoms with E-state index < -0.39 is 12.1 Å². The first kappa shape index (κ1) is 17.0. The van der Waals surface area contributed by atoms with Gasteiger partial charge in [-0.1, -0.05) is 38.1 Å². The van der Waals surface area contributed by atoms with Crippen LogP contribution in [0.4, 0.5) is 4.79 Å². The van der Waals surface area contributed by atoms with E-state index in [-0.39, 0.29) is 11.9 Å². The molecule has 1 rings (SSSR count). The molecule has 6 nitrogen and oxygen atoms in total. The number of nitrogens with two attached hydrogens (primary N) is 2. The van der Waals surface area contributed by atoms with Crippen molar-refractivity contribution in [2.45, 2.75) is 38.8 Å². The van der Waals surface area contributed by atoms with E-state index in [2.05, 4.69) is 24.5 Å². The van der Waals surface area contributed by atoms with Crippen LogP contribution in [0, 0.1) is 0 Å². The Bertz CT molecular complexity index is 485. The van der Waals surface area contributed by atoms with Crippen LogP contribution in [0.25, 0.3) is 0 Å². The zero-order valence-electron chi connectivity index (χ0n) is 12.7. The molecular formula is C15H24N4O2. The van der Waals surface area contributed by atoms with Gasteiger partial charge >= 0.3 is 6.03 Å². The van der Waals surface area contributed by atoms with E-state index in [0.717, 1.165) is 5.56 Å². The van der Waals surface area contributed by atoms with Gasteiger partial charge in [0.2, 0.25) is 5.91 Å². The van der Waals surface area contributed by atoms with E-state index in [1.54, 1.807) is 6.92 Å². The minimum absolute atomic E-state index is 0.295. The Hall–Kier alpha value is -2.08. The summed E-state index contributed by atoms with van der Waals surface area (Å²) >= 11 is 0. The number of hydrogen-bond donors (Lipinski definition) is 4. The minimum Gasteiger partial charge on any atom is -0.352 e. The molecule has 6 N–H and O–H groups in total. The number of carbonyl (C=O) groups is 2. The molecule has 0 aliphatic heterocycles. The summed E-state index contributed by atoms with van der Waals surface area (Å²) in [7, 11) is 0. The molecule has 0 aliphatic rings. The molecule has 1 aromatic carbocycles. The second-order valence-electron chi connectivity index (χ2n) is 5.40. The van der Waals surface area contributed by atoms with Gasteiger partial charge in [-0.3, -0.25) is 4.79 Å². The van der Waals surface area contributed by atoms with Gasteiger partial charge in [-0.05, 0) is 24.0 Å². The third-order valence-corrected chi connectivity index (χ3v) is 3.28. The van der Waals surface area contributed by atoms with E-state index in [4.69, 9.17) is 11.5 Å². The minimum atomic E-state index is -0.730. The Morgan fingerprint density at radius 1 is 1.10 bits per heavy atom. The highest BCUT2D eigenvalue weighted by Crippen LogP contribution is 2.17. The quantitative estimate of drug-likeness (QED) is 0.627. The SMILES string of the molecule is CC(NC(N)=O)C(=O)NCC(N)c1ccc(C(C)C)cc1. The number of urea groups is 1. The Morgan fingerprint density at radius 3 is 2.10 bits per heavy atom. The summed E-state index contributed by atoms with van der Waals surface area (Å²) in [5, 5.41) is 5.00. The molecule has 0 radical (unpaired) electrons. The maximum absolute atomic E-state index is 11.7. The monoisotopic (exact) mass is 292 g/mol. The molecule has 116 valence electrons. The van der Waals surface area contributed by atoms with Crippen molar-refractivity contribution >= 4 is 11.9 Å². The Kier molecular flexibility index (Phi) is 6.17. The van der Waals surface area contributed by atoms with Gasteiger partial charge in [-0.15, -0.1) is 0 Å². The smallest absolute Gasteiger partial charge is 0.312 e. The Morgan fingerprint density at radius 2 is 1.62 bits per heavy atom. The number of nitrogens with one attached hydrogen (secondary N) is 2. The molecule has 2 unspecified atom stereocenters. The molecule has 1 aromatic rings. The zero-order valence-corrected chi connectivity index (χ0v) is 12.7. The van der Waals surface area contributed by atoms with Crippen molar-refractivity contribution in [1.29, 1.82) is 0 Å². The van der Waals surface area contributed by atoms with Crippen LogP contribution in [0.1, 0.15) is 43.9 Å². The van der Waals surface area contributed by atoms with Crippen LogP contribution in [-0.4, -0.2) is 24.5 Å². The van der Waals surface area contributed by atoms with Crippen molar-refractivity contribution in [3.05, 3.63) is 35.4 Å². The highest BCUT2D eigenvalue weighted by atomic mass is 16.2. The van der Waals surface area contributed by atoms with Crippen molar-refractivity contribution in [2.75, 3.05) is 6.54 Å². The second kappa shape index (κ2) is 7.64. The Labute approximate surface area is 125 Å². The summed E-state index contributed by atoms with van der Waals surface area (Å²) in [6.45, 7) is 6.11. The molecule has 3 amide bonds. The van der Waals surface area contributed by atoms with Gasteiger partial charge < -0.3 is 22.1 Å². The fourth-order valence-electron chi connectivity index (χ4n) is 1.89. The first-order chi connectivity index (χ1) is 9.81. The van der Waals surface area contributed by atoms with E-state index in [1.165, 1.54) is 5.56 Å². The maximum atomic E-state index is 11.7. The zero-order chi connectivity index (χ0) is 16.0. The van der Waals surface area contributed by atoms with Crippen LogP contribution in [0.5, 0.6) is 0 Å². The molecule has 0 aromatic heterocycles. The van der Waals surface area contributed by atoms with E-state index in [1.807, 2.05) is 24.3 Å². The predicted octanol–water partition coefficient (Wildman–Crippen LogP) is 0.983. The third-order valence-electron chi connectivity index (χ3n) is 3.28. The fraction of sp³-hybridized carbons (Fsp3) is 0.467. The molecule has 0 saturated carbocycles. The van der Waals surface area contributed by atoms with Gasteiger partial charge in [0.1, 0.15) is 6.04 Å². The largest absolute Gasteiger partial charge is 0.352 e. The lowest BCUT2D eigenvalue weighted by atomic mass is 9.99. The molecule has 6 heteroatoms. The lowest BCUT2D eigenvalue weighted by molar-refractivity contribution is -0.122. The van der Waals surface area contributed by atoms with Crippen molar-refractivity contribution in [3.63, 3.8) is 0 Å². The molecule has 0 bridgehead atoms. The van der Waals surface area contributed by atoms with Crippen molar-refractivity contribution in [3.8, 4) is 0 Å². The lowest BCUT2D eigenvalue weighted by Gasteiger charge is -2.17. The third kappa shape index (κ3) is 5.43. The maximum Gasteiger partial charge on any atom is 0.312 e. The van der Waals surface area contributed by atoms with Gasteiger partial charge in [-0.2, -0.15) is 0 Å². The number of carbonyl (C=O) groups excluding carboxylic acids is 2. The van der Waals surface area contributed by atoms with Crippen molar-refractivity contribution in [2.24, 2.45) is 11.5 Å². The molecule has 0 heterocycles. The number of primary amides is 1. The highest BCUT2D eigenvalue weighted by molar-refractivity contribution is 5.86. The van der Waals surface area contributed by atoms with E-state index >= 15 is 0 Å². The highest BCUT2D eigenvalue weighted by Gasteiger charge is 2.15. The average Bonchev–Trinajstić information content (AvgIpc) is 2.43. The molecule has 21 heavy (non-hydrogen) atoms. The van der Waals surface area contributed by atoms with Crippen LogP contribution in [0.2, 0.25) is 0 Å². The normalized spacial score (nSPS) is 13.6. The topological polar surface area (TPSA) is 110 Å².